The van der Waals surface area contributed by atoms with Gasteiger partial charge in [-0.1, -0.05) is 12.8 Å². The number of nitrogens with one attached hydrogen (secondary N) is 2. The highest BCUT2D eigenvalue weighted by Crippen LogP contribution is 2.27. The van der Waals surface area contributed by atoms with Crippen molar-refractivity contribution in [1.29, 1.82) is 0 Å². The Balaban J connectivity index is 1.68. The Bertz CT molecular complexity index is 246. The van der Waals surface area contributed by atoms with Crippen molar-refractivity contribution in [2.75, 3.05) is 19.7 Å². The molecule has 2 aliphatic rings. The molecule has 0 aromatic carbocycles. The fraction of sp³-hybridized carbons (Fsp3) is 0.923. The average molecular weight is 240 g/mol. The molecule has 2 N–H and O–H groups in total. The summed E-state index contributed by atoms with van der Waals surface area (Å²) < 4.78 is 5.53. The molecule has 98 valence electrons. The number of carbonyl (C=O) groups is 1. The lowest BCUT2D eigenvalue weighted by atomic mass is 9.99. The van der Waals surface area contributed by atoms with Crippen LogP contribution in [0.1, 0.15) is 39.0 Å². The van der Waals surface area contributed by atoms with E-state index in [1.54, 1.807) is 0 Å². The zero-order chi connectivity index (χ0) is 12.1. The van der Waals surface area contributed by atoms with Crippen LogP contribution in [0.2, 0.25) is 0 Å². The summed E-state index contributed by atoms with van der Waals surface area (Å²) in [4.78, 5) is 11.9. The maximum absolute atomic E-state index is 11.9. The van der Waals surface area contributed by atoms with E-state index in [9.17, 15) is 4.79 Å². The van der Waals surface area contributed by atoms with Gasteiger partial charge < -0.3 is 15.4 Å². The number of ether oxygens (including phenoxy) is 1. The van der Waals surface area contributed by atoms with Gasteiger partial charge in [0, 0.05) is 19.1 Å². The Morgan fingerprint density at radius 3 is 2.88 bits per heavy atom. The predicted octanol–water partition coefficient (Wildman–Crippen LogP) is 1.06. The molecule has 1 saturated heterocycles. The highest BCUT2D eigenvalue weighted by molar-refractivity contribution is 5.76. The molecule has 1 aliphatic carbocycles. The Morgan fingerprint density at radius 1 is 1.47 bits per heavy atom. The summed E-state index contributed by atoms with van der Waals surface area (Å²) >= 11 is 0. The predicted molar refractivity (Wildman–Crippen MR) is 66.8 cm³/mol. The van der Waals surface area contributed by atoms with Gasteiger partial charge in [-0.05, 0) is 25.7 Å². The lowest BCUT2D eigenvalue weighted by Gasteiger charge is -2.25. The normalized spacial score (nSPS) is 27.9. The number of hydrogen-bond acceptors (Lipinski definition) is 3. The molecule has 2 rings (SSSR count). The van der Waals surface area contributed by atoms with Gasteiger partial charge in [0.05, 0.1) is 19.1 Å². The molecule has 2 atom stereocenters. The second-order valence-electron chi connectivity index (χ2n) is 5.30. The molecule has 2 fully saturated rings. The largest absolute Gasteiger partial charge is 0.375 e. The first-order valence-corrected chi connectivity index (χ1v) is 6.87. The molecule has 17 heavy (non-hydrogen) atoms. The maximum Gasteiger partial charge on any atom is 0.222 e. The van der Waals surface area contributed by atoms with Gasteiger partial charge in [-0.2, -0.15) is 0 Å². The average Bonchev–Trinajstić information content (AvgIpc) is 2.83. The number of morpholine rings is 1. The van der Waals surface area contributed by atoms with E-state index in [1.807, 2.05) is 0 Å². The molecule has 0 bridgehead atoms. The molecule has 0 radical (unpaired) electrons. The van der Waals surface area contributed by atoms with E-state index in [0.717, 1.165) is 19.7 Å². The number of hydrogen-bond donors (Lipinski definition) is 2. The quantitative estimate of drug-likeness (QED) is 0.772. The lowest BCUT2D eigenvalue weighted by Crippen LogP contribution is -2.44. The van der Waals surface area contributed by atoms with Crippen LogP contribution < -0.4 is 10.6 Å². The van der Waals surface area contributed by atoms with Crippen LogP contribution in [-0.4, -0.2) is 37.7 Å². The minimum absolute atomic E-state index is 0.0551. The van der Waals surface area contributed by atoms with E-state index in [-0.39, 0.29) is 12.0 Å². The van der Waals surface area contributed by atoms with Gasteiger partial charge in [0.15, 0.2) is 0 Å². The number of carbonyl (C=O) groups excluding carboxylic acids is 1. The van der Waals surface area contributed by atoms with Crippen LogP contribution in [0.3, 0.4) is 0 Å². The highest BCUT2D eigenvalue weighted by Gasteiger charge is 2.24. The van der Waals surface area contributed by atoms with Crippen molar-refractivity contribution >= 4 is 5.91 Å². The highest BCUT2D eigenvalue weighted by atomic mass is 16.5. The van der Waals surface area contributed by atoms with Crippen LogP contribution in [0.4, 0.5) is 0 Å². The minimum atomic E-state index is 0.0551. The Hall–Kier alpha value is -0.610. The third-order valence-electron chi connectivity index (χ3n) is 3.91. The first kappa shape index (κ1) is 12.8. The molecule has 1 aliphatic heterocycles. The van der Waals surface area contributed by atoms with E-state index in [0.29, 0.717) is 18.4 Å². The van der Waals surface area contributed by atoms with E-state index >= 15 is 0 Å². The van der Waals surface area contributed by atoms with E-state index in [2.05, 4.69) is 17.6 Å². The molecule has 0 aromatic heterocycles. The second kappa shape index (κ2) is 6.36. The molecular formula is C13H24N2O2. The molecular weight excluding hydrogens is 216 g/mol. The van der Waals surface area contributed by atoms with Crippen molar-refractivity contribution in [3.8, 4) is 0 Å². The lowest BCUT2D eigenvalue weighted by molar-refractivity contribution is -0.125. The Morgan fingerprint density at radius 2 is 2.24 bits per heavy atom. The van der Waals surface area contributed by atoms with Crippen molar-refractivity contribution < 1.29 is 9.53 Å². The summed E-state index contributed by atoms with van der Waals surface area (Å²) in [6.07, 6.45) is 5.72. The zero-order valence-corrected chi connectivity index (χ0v) is 10.7. The molecule has 4 nitrogen and oxygen atoms in total. The van der Waals surface area contributed by atoms with Crippen LogP contribution in [0, 0.1) is 5.92 Å². The Labute approximate surface area is 103 Å². The topological polar surface area (TPSA) is 50.4 Å². The van der Waals surface area contributed by atoms with Gasteiger partial charge in [-0.25, -0.2) is 0 Å². The summed E-state index contributed by atoms with van der Waals surface area (Å²) in [5.74, 6) is 0.822. The van der Waals surface area contributed by atoms with Crippen LogP contribution in [0.25, 0.3) is 0 Å². The fourth-order valence-corrected chi connectivity index (χ4v) is 2.85. The summed E-state index contributed by atoms with van der Waals surface area (Å²) in [7, 11) is 0. The second-order valence-corrected chi connectivity index (χ2v) is 5.30. The SMILES string of the molecule is CC(NC(=O)CC1CNCCO1)C1CCCC1. The fourth-order valence-electron chi connectivity index (χ4n) is 2.85. The summed E-state index contributed by atoms with van der Waals surface area (Å²) in [5.41, 5.74) is 0. The van der Waals surface area contributed by atoms with Crippen molar-refractivity contribution in [3.05, 3.63) is 0 Å². The Kier molecular flexibility index (Phi) is 4.80. The van der Waals surface area contributed by atoms with E-state index in [1.165, 1.54) is 25.7 Å². The van der Waals surface area contributed by atoms with Gasteiger partial charge in [0.1, 0.15) is 0 Å². The van der Waals surface area contributed by atoms with Crippen molar-refractivity contribution in [3.63, 3.8) is 0 Å². The summed E-state index contributed by atoms with van der Waals surface area (Å²) in [5, 5.41) is 6.37. The van der Waals surface area contributed by atoms with Gasteiger partial charge >= 0.3 is 0 Å². The maximum atomic E-state index is 11.9. The first-order valence-electron chi connectivity index (χ1n) is 6.87. The minimum Gasteiger partial charge on any atom is -0.375 e. The van der Waals surface area contributed by atoms with Crippen molar-refractivity contribution in [2.45, 2.75) is 51.2 Å². The molecule has 0 spiro atoms. The summed E-state index contributed by atoms with van der Waals surface area (Å²) in [6.45, 7) is 4.55. The van der Waals surface area contributed by atoms with Crippen LogP contribution in [0.5, 0.6) is 0 Å². The van der Waals surface area contributed by atoms with Crippen molar-refractivity contribution in [1.82, 2.24) is 10.6 Å². The van der Waals surface area contributed by atoms with Gasteiger partial charge in [-0.3, -0.25) is 4.79 Å². The molecule has 4 heteroatoms. The zero-order valence-electron chi connectivity index (χ0n) is 10.7. The number of rotatable bonds is 4. The van der Waals surface area contributed by atoms with E-state index < -0.39 is 0 Å². The molecule has 1 amide bonds. The third kappa shape index (κ3) is 3.96. The van der Waals surface area contributed by atoms with Gasteiger partial charge in [-0.15, -0.1) is 0 Å². The smallest absolute Gasteiger partial charge is 0.222 e. The molecule has 1 heterocycles. The molecule has 2 unspecified atom stereocenters. The van der Waals surface area contributed by atoms with Gasteiger partial charge in [0.25, 0.3) is 0 Å². The molecule has 0 aromatic rings. The van der Waals surface area contributed by atoms with Crippen LogP contribution in [0.15, 0.2) is 0 Å². The number of amides is 1. The first-order chi connectivity index (χ1) is 8.25. The third-order valence-corrected chi connectivity index (χ3v) is 3.91. The van der Waals surface area contributed by atoms with Crippen LogP contribution in [-0.2, 0) is 9.53 Å². The monoisotopic (exact) mass is 240 g/mol. The standard InChI is InChI=1S/C13H24N2O2/c1-10(11-4-2-3-5-11)15-13(16)8-12-9-14-6-7-17-12/h10-12,14H,2-9H2,1H3,(H,15,16). The summed E-state index contributed by atoms with van der Waals surface area (Å²) in [6, 6.07) is 0.321. The van der Waals surface area contributed by atoms with Crippen LogP contribution >= 0.6 is 0 Å². The van der Waals surface area contributed by atoms with E-state index in [4.69, 9.17) is 4.74 Å². The molecule has 1 saturated carbocycles. The van der Waals surface area contributed by atoms with Crippen molar-refractivity contribution in [2.24, 2.45) is 5.92 Å². The van der Waals surface area contributed by atoms with Gasteiger partial charge in [0.2, 0.25) is 5.91 Å².